The maximum atomic E-state index is 12.5. The number of Topliss-reactive ketones (excluding diaryl/α,β-unsaturated/α-hetero) is 1. The number of carbonyl (C=O) groups excluding carboxylic acids is 1. The van der Waals surface area contributed by atoms with Gasteiger partial charge in [0, 0.05) is 12.8 Å². The first-order valence-corrected chi connectivity index (χ1v) is 19.3. The van der Waals surface area contributed by atoms with Crippen LogP contribution in [0.15, 0.2) is 0 Å². The summed E-state index contributed by atoms with van der Waals surface area (Å²) in [6.45, 7) is 10.6. The van der Waals surface area contributed by atoms with E-state index in [9.17, 15) is 4.79 Å². The van der Waals surface area contributed by atoms with Gasteiger partial charge in [0.05, 0.1) is 12.2 Å². The van der Waals surface area contributed by atoms with E-state index < -0.39 is 20.6 Å². The van der Waals surface area contributed by atoms with Crippen molar-refractivity contribution in [1.82, 2.24) is 0 Å². The molecule has 34 heavy (non-hydrogen) atoms. The summed E-state index contributed by atoms with van der Waals surface area (Å²) in [6.07, 6.45) is 27.2. The number of hydrogen-bond acceptors (Lipinski definition) is 3. The van der Waals surface area contributed by atoms with Crippen LogP contribution in [0, 0.1) is 22.7 Å². The Morgan fingerprint density at radius 2 is 1.56 bits per heavy atom. The van der Waals surface area contributed by atoms with E-state index in [0.29, 0.717) is 28.4 Å². The van der Waals surface area contributed by atoms with E-state index in [2.05, 4.69) is 65.2 Å². The second kappa shape index (κ2) is 11.8. The van der Waals surface area contributed by atoms with Crippen molar-refractivity contribution in [3.63, 3.8) is 0 Å². The summed E-state index contributed by atoms with van der Waals surface area (Å²) < 4.78 is 12.7. The summed E-state index contributed by atoms with van der Waals surface area (Å²) >= 11 is 0. The fraction of sp³-hybridized carbons (Fsp3) is 0.966. The molecule has 0 bridgehead atoms. The molecule has 0 aromatic carbocycles. The Morgan fingerprint density at radius 3 is 2.18 bits per heavy atom. The lowest BCUT2D eigenvalue weighted by Crippen LogP contribution is -2.47. The lowest BCUT2D eigenvalue weighted by molar-refractivity contribution is -0.121. The van der Waals surface area contributed by atoms with Gasteiger partial charge in [-0.05, 0) is 125 Å². The average Bonchev–Trinajstić information content (AvgIpc) is 2.79. The molecule has 0 aromatic rings. The van der Waals surface area contributed by atoms with E-state index in [1.807, 2.05) is 0 Å². The predicted molar refractivity (Wildman–Crippen MR) is 155 cm³/mol. The Morgan fingerprint density at radius 1 is 0.912 bits per heavy atom. The SMILES string of the molecule is CC(C)(CCCC(C)(CCCOS(C)(C)C)[C@H]1CCCC2CC(=O)CCCC21C)OS(C)(C)C. The maximum Gasteiger partial charge on any atom is 0.133 e. The fourth-order valence-electron chi connectivity index (χ4n) is 7.31. The molecule has 0 saturated heterocycles. The second-order valence-corrected chi connectivity index (χ2v) is 21.3. The van der Waals surface area contributed by atoms with E-state index in [-0.39, 0.29) is 5.60 Å². The zero-order valence-corrected chi connectivity index (χ0v) is 26.0. The summed E-state index contributed by atoms with van der Waals surface area (Å²) in [4.78, 5) is 12.5. The zero-order valence-electron chi connectivity index (χ0n) is 24.4. The minimum atomic E-state index is -0.981. The zero-order chi connectivity index (χ0) is 25.8. The van der Waals surface area contributed by atoms with Gasteiger partial charge in [0.25, 0.3) is 0 Å². The summed E-state index contributed by atoms with van der Waals surface area (Å²) in [5.74, 6) is 1.80. The minimum Gasteiger partial charge on any atom is -0.337 e. The molecule has 0 aromatic heterocycles. The Kier molecular flexibility index (Phi) is 10.6. The molecule has 0 aliphatic heterocycles. The van der Waals surface area contributed by atoms with Gasteiger partial charge < -0.3 is 8.37 Å². The highest BCUT2D eigenvalue weighted by Crippen LogP contribution is 2.60. The van der Waals surface area contributed by atoms with E-state index in [0.717, 1.165) is 38.7 Å². The number of fused-ring (bicyclic) bond motifs is 1. The van der Waals surface area contributed by atoms with Crippen LogP contribution in [-0.4, -0.2) is 55.5 Å². The van der Waals surface area contributed by atoms with Gasteiger partial charge in [0.2, 0.25) is 0 Å². The molecule has 2 fully saturated rings. The van der Waals surface area contributed by atoms with Crippen LogP contribution in [0.25, 0.3) is 0 Å². The molecule has 4 atom stereocenters. The van der Waals surface area contributed by atoms with Crippen LogP contribution in [-0.2, 0) is 13.2 Å². The molecular formula is C29H58O3S2. The molecule has 2 aliphatic carbocycles. The minimum absolute atomic E-state index is 0.0685. The Balaban J connectivity index is 2.19. The topological polar surface area (TPSA) is 35.5 Å². The van der Waals surface area contributed by atoms with Gasteiger partial charge in [-0.25, -0.2) is 0 Å². The van der Waals surface area contributed by atoms with Gasteiger partial charge in [-0.2, -0.15) is 0 Å². The molecule has 0 spiro atoms. The fourth-order valence-corrected chi connectivity index (χ4v) is 9.36. The van der Waals surface area contributed by atoms with E-state index in [4.69, 9.17) is 8.37 Å². The summed E-state index contributed by atoms with van der Waals surface area (Å²) in [5, 5.41) is 0. The van der Waals surface area contributed by atoms with Crippen LogP contribution in [0.3, 0.4) is 0 Å². The van der Waals surface area contributed by atoms with Crippen molar-refractivity contribution >= 4 is 26.4 Å². The van der Waals surface area contributed by atoms with Gasteiger partial charge in [-0.15, -0.1) is 20.6 Å². The summed E-state index contributed by atoms with van der Waals surface area (Å²) in [7, 11) is -1.89. The predicted octanol–water partition coefficient (Wildman–Crippen LogP) is 8.54. The highest BCUT2D eigenvalue weighted by molar-refractivity contribution is 8.28. The first-order valence-electron chi connectivity index (χ1n) is 13.7. The highest BCUT2D eigenvalue weighted by Gasteiger charge is 2.51. The standard InChI is InChI=1S/C29H58O3S2/c1-27(2,32-34(8,9)10)18-13-19-28(3,20-14-22-31-33(5,6)7)26-17-11-15-24-23-25(30)16-12-21-29(24,26)4/h24,26H,11-23H2,1-10H3/t24?,26-,28?,29?/m1/s1. The Hall–Kier alpha value is 0.290. The third kappa shape index (κ3) is 9.30. The van der Waals surface area contributed by atoms with Crippen molar-refractivity contribution in [2.45, 2.75) is 110 Å². The average molecular weight is 519 g/mol. The van der Waals surface area contributed by atoms with Crippen LogP contribution in [0.2, 0.25) is 0 Å². The lowest BCUT2D eigenvalue weighted by Gasteiger charge is -2.55. The third-order valence-electron chi connectivity index (χ3n) is 8.59. The maximum absolute atomic E-state index is 12.5. The van der Waals surface area contributed by atoms with E-state index in [1.54, 1.807) is 0 Å². The number of hydrogen-bond donors (Lipinski definition) is 0. The first-order chi connectivity index (χ1) is 15.5. The van der Waals surface area contributed by atoms with Crippen molar-refractivity contribution in [1.29, 1.82) is 0 Å². The summed E-state index contributed by atoms with van der Waals surface area (Å²) in [6, 6.07) is 0. The van der Waals surface area contributed by atoms with Gasteiger partial charge in [0.15, 0.2) is 0 Å². The van der Waals surface area contributed by atoms with Crippen molar-refractivity contribution < 1.29 is 13.2 Å². The molecule has 2 rings (SSSR count). The lowest BCUT2D eigenvalue weighted by atomic mass is 9.50. The summed E-state index contributed by atoms with van der Waals surface area (Å²) in [5.41, 5.74) is 0.528. The van der Waals surface area contributed by atoms with Crippen LogP contribution in [0.5, 0.6) is 0 Å². The Labute approximate surface area is 216 Å². The molecule has 3 unspecified atom stereocenters. The quantitative estimate of drug-likeness (QED) is 0.243. The molecular weight excluding hydrogens is 460 g/mol. The molecule has 0 N–H and O–H groups in total. The second-order valence-electron chi connectivity index (χ2n) is 14.0. The molecule has 2 saturated carbocycles. The van der Waals surface area contributed by atoms with Gasteiger partial charge in [0.1, 0.15) is 5.78 Å². The molecule has 2 aliphatic rings. The van der Waals surface area contributed by atoms with Crippen molar-refractivity contribution in [2.75, 3.05) is 44.1 Å². The van der Waals surface area contributed by atoms with Crippen molar-refractivity contribution in [3.8, 4) is 0 Å². The largest absolute Gasteiger partial charge is 0.337 e. The molecule has 3 nitrogen and oxygen atoms in total. The first kappa shape index (κ1) is 30.5. The molecule has 0 radical (unpaired) electrons. The van der Waals surface area contributed by atoms with Gasteiger partial charge in [-0.3, -0.25) is 4.79 Å². The molecule has 0 heterocycles. The smallest absolute Gasteiger partial charge is 0.133 e. The molecule has 0 amide bonds. The van der Waals surface area contributed by atoms with Gasteiger partial charge in [-0.1, -0.05) is 26.7 Å². The number of rotatable bonds is 12. The highest BCUT2D eigenvalue weighted by atomic mass is 32.3. The molecule has 204 valence electrons. The monoisotopic (exact) mass is 518 g/mol. The van der Waals surface area contributed by atoms with Crippen LogP contribution in [0.1, 0.15) is 105 Å². The van der Waals surface area contributed by atoms with Crippen LogP contribution < -0.4 is 0 Å². The van der Waals surface area contributed by atoms with Crippen molar-refractivity contribution in [3.05, 3.63) is 0 Å². The van der Waals surface area contributed by atoms with Crippen LogP contribution >= 0.6 is 20.6 Å². The normalized spacial score (nSPS) is 29.8. The molecule has 5 heteroatoms. The number of carbonyl (C=O) groups is 1. The Bertz CT molecular complexity index is 663. The van der Waals surface area contributed by atoms with E-state index >= 15 is 0 Å². The van der Waals surface area contributed by atoms with Gasteiger partial charge >= 0.3 is 0 Å². The third-order valence-corrected chi connectivity index (χ3v) is 10.4. The van der Waals surface area contributed by atoms with Crippen LogP contribution in [0.4, 0.5) is 0 Å². The van der Waals surface area contributed by atoms with Crippen molar-refractivity contribution in [2.24, 2.45) is 22.7 Å². The number of ketones is 1. The van der Waals surface area contributed by atoms with E-state index in [1.165, 1.54) is 44.9 Å².